The summed E-state index contributed by atoms with van der Waals surface area (Å²) in [7, 11) is -4.26. The zero-order chi connectivity index (χ0) is 37.7. The van der Waals surface area contributed by atoms with Gasteiger partial charge in [0.25, 0.3) is 10.0 Å². The number of aryl methyl sites for hydroxylation is 1. The monoisotopic (exact) mass is 754 g/mol. The molecule has 276 valence electrons. The largest absolute Gasteiger partial charge is 0.508 e. The molecule has 3 fully saturated rings. The molecular formula is C38H33F3N8O4S. The average Bonchev–Trinajstić information content (AvgIpc) is 3.80. The number of aromatic hydroxyl groups is 1. The normalized spacial score (nSPS) is 17.2. The fraction of sp³-hybridized carbons (Fsp3) is 0.263. The zero-order valence-corrected chi connectivity index (χ0v) is 29.7. The Balaban J connectivity index is 1.14. The molecule has 16 heteroatoms. The summed E-state index contributed by atoms with van der Waals surface area (Å²) in [5.74, 6) is 0.409. The number of rotatable bonds is 11. The number of anilines is 1. The van der Waals surface area contributed by atoms with Crippen molar-refractivity contribution in [1.82, 2.24) is 28.6 Å². The number of halogens is 3. The first-order valence-electron chi connectivity index (χ1n) is 17.1. The molecule has 0 saturated carbocycles. The maximum absolute atomic E-state index is 14.4. The highest BCUT2D eigenvalue weighted by molar-refractivity contribution is 7.90. The van der Waals surface area contributed by atoms with Crippen LogP contribution in [0, 0.1) is 24.1 Å². The molecule has 2 unspecified atom stereocenters. The van der Waals surface area contributed by atoms with E-state index < -0.39 is 22.5 Å². The van der Waals surface area contributed by atoms with Crippen LogP contribution < -0.4 is 4.90 Å². The fourth-order valence-electron chi connectivity index (χ4n) is 7.36. The average molecular weight is 755 g/mol. The molecule has 7 heterocycles. The van der Waals surface area contributed by atoms with Gasteiger partial charge in [-0.05, 0) is 61.9 Å². The summed E-state index contributed by atoms with van der Waals surface area (Å²) in [5.41, 5.74) is 3.33. The van der Waals surface area contributed by atoms with Gasteiger partial charge >= 0.3 is 6.61 Å². The van der Waals surface area contributed by atoms with Crippen LogP contribution in [0.5, 0.6) is 5.75 Å². The molecule has 54 heavy (non-hydrogen) atoms. The van der Waals surface area contributed by atoms with Crippen LogP contribution in [0.3, 0.4) is 0 Å². The number of benzene rings is 2. The number of hydrogen-bond donors (Lipinski definition) is 1. The summed E-state index contributed by atoms with van der Waals surface area (Å²) in [5, 5.41) is 25.1. The summed E-state index contributed by atoms with van der Waals surface area (Å²) < 4.78 is 74.6. The molecule has 0 aliphatic carbocycles. The Bertz CT molecular complexity index is 2510. The quantitative estimate of drug-likeness (QED) is 0.169. The summed E-state index contributed by atoms with van der Waals surface area (Å²) in [6, 6.07) is 18.3. The fourth-order valence-corrected chi connectivity index (χ4v) is 8.85. The van der Waals surface area contributed by atoms with E-state index in [0.29, 0.717) is 47.3 Å². The van der Waals surface area contributed by atoms with Crippen molar-refractivity contribution in [1.29, 1.82) is 5.26 Å². The van der Waals surface area contributed by atoms with Crippen molar-refractivity contribution in [2.24, 2.45) is 0 Å². The molecule has 3 aliphatic heterocycles. The van der Waals surface area contributed by atoms with Crippen molar-refractivity contribution in [3.8, 4) is 34.2 Å². The third-order valence-electron chi connectivity index (χ3n) is 10.1. The Kier molecular flexibility index (Phi) is 9.08. The van der Waals surface area contributed by atoms with Gasteiger partial charge in [-0.3, -0.25) is 9.58 Å². The first-order chi connectivity index (χ1) is 26.0. The van der Waals surface area contributed by atoms with Gasteiger partial charge in [0.15, 0.2) is 5.65 Å². The second kappa shape index (κ2) is 13.9. The van der Waals surface area contributed by atoms with Crippen LogP contribution in [-0.4, -0.2) is 80.5 Å². The number of piperazine rings is 1. The third kappa shape index (κ3) is 6.44. The Morgan fingerprint density at radius 3 is 2.48 bits per heavy atom. The smallest absolute Gasteiger partial charge is 0.345 e. The van der Waals surface area contributed by atoms with Crippen LogP contribution in [-0.2, 0) is 27.8 Å². The predicted molar refractivity (Wildman–Crippen MR) is 193 cm³/mol. The predicted octanol–water partition coefficient (Wildman–Crippen LogP) is 5.93. The van der Waals surface area contributed by atoms with Crippen molar-refractivity contribution in [3.05, 3.63) is 108 Å². The molecule has 0 amide bonds. The molecule has 3 saturated heterocycles. The first kappa shape index (κ1) is 35.3. The van der Waals surface area contributed by atoms with Gasteiger partial charge in [-0.15, -0.1) is 0 Å². The topological polar surface area (TPSA) is 142 Å². The number of aromatic nitrogens is 5. The Morgan fingerprint density at radius 2 is 1.78 bits per heavy atom. The number of phenolic OH excluding ortho intramolecular Hbond substituents is 1. The van der Waals surface area contributed by atoms with Crippen molar-refractivity contribution in [3.63, 3.8) is 0 Å². The van der Waals surface area contributed by atoms with E-state index in [2.05, 4.69) is 30.7 Å². The van der Waals surface area contributed by atoms with Crippen molar-refractivity contribution in [2.75, 3.05) is 24.6 Å². The molecule has 0 radical (unpaired) electrons. The van der Waals surface area contributed by atoms with Crippen LogP contribution in [0.25, 0.3) is 33.4 Å². The van der Waals surface area contributed by atoms with Gasteiger partial charge in [-0.25, -0.2) is 26.7 Å². The lowest BCUT2D eigenvalue weighted by Crippen LogP contribution is -2.68. The molecule has 6 aromatic rings. The van der Waals surface area contributed by atoms with Crippen LogP contribution in [0.4, 0.5) is 19.0 Å². The van der Waals surface area contributed by atoms with Crippen molar-refractivity contribution < 1.29 is 31.4 Å². The van der Waals surface area contributed by atoms with Gasteiger partial charge < -0.3 is 14.7 Å². The van der Waals surface area contributed by atoms with Gasteiger partial charge in [-0.2, -0.15) is 19.1 Å². The maximum atomic E-state index is 14.4. The molecule has 4 aromatic heterocycles. The molecule has 0 spiro atoms. The minimum atomic E-state index is -4.26. The molecule has 1 N–H and O–H groups in total. The van der Waals surface area contributed by atoms with Gasteiger partial charge in [0.1, 0.15) is 23.5 Å². The van der Waals surface area contributed by atoms with E-state index in [4.69, 9.17) is 4.98 Å². The minimum Gasteiger partial charge on any atom is -0.508 e. The van der Waals surface area contributed by atoms with E-state index in [0.717, 1.165) is 21.8 Å². The van der Waals surface area contributed by atoms with Crippen molar-refractivity contribution >= 4 is 26.9 Å². The maximum Gasteiger partial charge on any atom is 0.345 e. The summed E-state index contributed by atoms with van der Waals surface area (Å²) in [6.07, 6.45) is 6.95. The zero-order valence-electron chi connectivity index (χ0n) is 28.8. The van der Waals surface area contributed by atoms with E-state index >= 15 is 0 Å². The number of hydrogen-bond acceptors (Lipinski definition) is 10. The standard InChI is InChI=1S/C38H33F3N8O4S/c1-23-2-6-31(7-3-23)54(51,52)49-33(27-18-45-47(19-27)10-11-53-38(40)41)14-32-36(26(15-42)17-44-37(32)49)24-4-9-35(43-16-24)46-21-29-13-30(22-46)48(29)20-25-12-28(39)5-8-34(25)50/h2-9,12,14,16-19,29-30,38,50H,10-11,13,20-22H2,1H3. The van der Waals surface area contributed by atoms with E-state index in [1.165, 1.54) is 53.6 Å². The van der Waals surface area contributed by atoms with E-state index in [-0.39, 0.29) is 52.8 Å². The molecule has 9 rings (SSSR count). The van der Waals surface area contributed by atoms with Gasteiger partial charge in [0.05, 0.1) is 35.5 Å². The Morgan fingerprint density at radius 1 is 1.00 bits per heavy atom. The minimum absolute atomic E-state index is 0.00250. The summed E-state index contributed by atoms with van der Waals surface area (Å²) >= 11 is 0. The number of piperidine rings is 1. The highest BCUT2D eigenvalue weighted by atomic mass is 32.2. The van der Waals surface area contributed by atoms with E-state index in [9.17, 15) is 32.0 Å². The number of phenols is 1. The highest BCUT2D eigenvalue weighted by Crippen LogP contribution is 2.40. The second-order valence-corrected chi connectivity index (χ2v) is 15.2. The molecular weight excluding hydrogens is 722 g/mol. The van der Waals surface area contributed by atoms with Crippen LogP contribution in [0.15, 0.2) is 90.3 Å². The van der Waals surface area contributed by atoms with E-state index in [1.54, 1.807) is 24.4 Å². The Hall–Kier alpha value is -5.76. The highest BCUT2D eigenvalue weighted by Gasteiger charge is 2.45. The third-order valence-corrected chi connectivity index (χ3v) is 11.8. The van der Waals surface area contributed by atoms with Gasteiger partial charge in [0, 0.05) is 77.9 Å². The van der Waals surface area contributed by atoms with Crippen LogP contribution in [0.1, 0.15) is 23.1 Å². The lowest BCUT2D eigenvalue weighted by atomic mass is 9.86. The number of nitrogens with zero attached hydrogens (tertiary/aromatic N) is 8. The lowest BCUT2D eigenvalue weighted by molar-refractivity contribution is -0.130. The molecule has 2 atom stereocenters. The van der Waals surface area contributed by atoms with Crippen LogP contribution in [0.2, 0.25) is 0 Å². The summed E-state index contributed by atoms with van der Waals surface area (Å²) in [6.45, 7) is 0.431. The lowest BCUT2D eigenvalue weighted by Gasteiger charge is -2.56. The number of alkyl halides is 2. The molecule has 2 aromatic carbocycles. The van der Waals surface area contributed by atoms with Crippen molar-refractivity contribution in [2.45, 2.75) is 50.0 Å². The second-order valence-electron chi connectivity index (χ2n) is 13.4. The first-order valence-corrected chi connectivity index (χ1v) is 18.6. The molecule has 12 nitrogen and oxygen atoms in total. The van der Waals surface area contributed by atoms with Crippen LogP contribution >= 0.6 is 0 Å². The number of pyridine rings is 2. The SMILES string of the molecule is Cc1ccc(S(=O)(=O)n2c(-c3cnn(CCOC(F)F)c3)cc3c(-c4ccc(N5CC6CC(C5)N6Cc5cc(F)ccc5O)nc4)c(C#N)cnc32)cc1. The van der Waals surface area contributed by atoms with Gasteiger partial charge in [0.2, 0.25) is 0 Å². The van der Waals surface area contributed by atoms with Gasteiger partial charge in [-0.1, -0.05) is 17.7 Å². The number of fused-ring (bicyclic) bond motifs is 3. The molecule has 3 aliphatic rings. The van der Waals surface area contributed by atoms with E-state index in [1.807, 2.05) is 19.1 Å². The molecule has 2 bridgehead atoms. The summed E-state index contributed by atoms with van der Waals surface area (Å²) in [4.78, 5) is 13.7. The Labute approximate surface area is 308 Å². The number of nitriles is 1. The number of ether oxygens (including phenoxy) is 1.